The molecule has 0 bridgehead atoms. The van der Waals surface area contributed by atoms with Gasteiger partial charge in [-0.1, -0.05) is 5.70 Å². The van der Waals surface area contributed by atoms with Gasteiger partial charge < -0.3 is 9.16 Å². The first kappa shape index (κ1) is 10.3. The SMILES string of the molecule is C=C[SiH](OCCOC)[SiH2][SiH3]. The molecule has 0 heterocycles. The van der Waals surface area contributed by atoms with Crippen molar-refractivity contribution in [2.75, 3.05) is 20.3 Å². The second-order valence-electron chi connectivity index (χ2n) is 2.05. The van der Waals surface area contributed by atoms with Crippen LogP contribution in [0.15, 0.2) is 12.3 Å². The van der Waals surface area contributed by atoms with Gasteiger partial charge in [-0.25, -0.2) is 0 Å². The van der Waals surface area contributed by atoms with E-state index in [1.54, 1.807) is 7.11 Å². The molecule has 0 amide bonds. The number of ether oxygens (including phenoxy) is 1. The van der Waals surface area contributed by atoms with Gasteiger partial charge in [0.25, 0.3) is 0 Å². The molecule has 0 saturated heterocycles. The predicted molar refractivity (Wildman–Crippen MR) is 53.7 cm³/mol. The van der Waals surface area contributed by atoms with E-state index in [1.165, 1.54) is 9.76 Å². The molecule has 0 aromatic carbocycles. The number of methoxy groups -OCH3 is 1. The normalized spacial score (nSPS) is 14.5. The molecule has 1 unspecified atom stereocenters. The molecule has 0 aliphatic rings. The highest BCUT2D eigenvalue weighted by Gasteiger charge is 2.01. The number of rotatable bonds is 6. The lowest BCUT2D eigenvalue weighted by Gasteiger charge is -2.08. The van der Waals surface area contributed by atoms with Crippen LogP contribution in [0, 0.1) is 0 Å². The maximum Gasteiger partial charge on any atom is 0.176 e. The number of hydrogen-bond acceptors (Lipinski definition) is 2. The van der Waals surface area contributed by atoms with Crippen molar-refractivity contribution in [3.8, 4) is 0 Å². The summed E-state index contributed by atoms with van der Waals surface area (Å²) in [7, 11) is 2.41. The van der Waals surface area contributed by atoms with Crippen LogP contribution >= 0.6 is 0 Å². The average Bonchev–Trinajstić information content (AvgIpc) is 1.99. The molecule has 0 fully saturated rings. The molecule has 0 radical (unpaired) electrons. The molecular weight excluding hydrogens is 176 g/mol. The van der Waals surface area contributed by atoms with Crippen molar-refractivity contribution >= 4 is 26.9 Å². The summed E-state index contributed by atoms with van der Waals surface area (Å²) in [6.45, 7) is 5.27. The fourth-order valence-corrected chi connectivity index (χ4v) is 9.07. The minimum absolute atomic E-state index is 0.182. The highest BCUT2D eigenvalue weighted by molar-refractivity contribution is 7.30. The predicted octanol–water partition coefficient (Wildman–Crippen LogP) is -1.96. The minimum Gasteiger partial charge on any atom is -0.417 e. The van der Waals surface area contributed by atoms with Gasteiger partial charge >= 0.3 is 0 Å². The first-order chi connectivity index (χ1) is 4.85. The monoisotopic (exact) mass is 192 g/mol. The summed E-state index contributed by atoms with van der Waals surface area (Å²) in [5.41, 5.74) is 2.05. The molecule has 0 aliphatic carbocycles. The third-order valence-electron chi connectivity index (χ3n) is 1.28. The van der Waals surface area contributed by atoms with Crippen molar-refractivity contribution in [2.45, 2.75) is 0 Å². The fourth-order valence-electron chi connectivity index (χ4n) is 0.635. The van der Waals surface area contributed by atoms with Crippen molar-refractivity contribution in [3.05, 3.63) is 12.3 Å². The molecule has 0 aromatic rings. The third kappa shape index (κ3) is 5.12. The van der Waals surface area contributed by atoms with Crippen LogP contribution in [-0.2, 0) is 9.16 Å². The van der Waals surface area contributed by atoms with Crippen LogP contribution < -0.4 is 0 Å². The quantitative estimate of drug-likeness (QED) is 0.360. The molecule has 1 atom stereocenters. The van der Waals surface area contributed by atoms with Crippen molar-refractivity contribution in [3.63, 3.8) is 0 Å². The average molecular weight is 192 g/mol. The Balaban J connectivity index is 3.17. The molecule has 0 rings (SSSR count). The Bertz CT molecular complexity index is 89.0. The van der Waals surface area contributed by atoms with Gasteiger partial charge in [0.1, 0.15) is 0 Å². The van der Waals surface area contributed by atoms with E-state index in [0.29, 0.717) is 0 Å². The summed E-state index contributed by atoms with van der Waals surface area (Å²) < 4.78 is 10.4. The van der Waals surface area contributed by atoms with E-state index in [2.05, 4.69) is 12.3 Å². The highest BCUT2D eigenvalue weighted by Crippen LogP contribution is 1.83. The second kappa shape index (κ2) is 7.42. The Morgan fingerprint density at radius 1 is 1.70 bits per heavy atom. The van der Waals surface area contributed by atoms with Crippen molar-refractivity contribution in [2.24, 2.45) is 0 Å². The van der Waals surface area contributed by atoms with Crippen LogP contribution in [0.4, 0.5) is 0 Å². The summed E-state index contributed by atoms with van der Waals surface area (Å²) in [4.78, 5) is 0. The minimum atomic E-state index is -0.839. The van der Waals surface area contributed by atoms with E-state index in [0.717, 1.165) is 13.2 Å². The lowest BCUT2D eigenvalue weighted by molar-refractivity contribution is 0.149. The summed E-state index contributed by atoms with van der Waals surface area (Å²) in [5.74, 6) is 0. The van der Waals surface area contributed by atoms with Gasteiger partial charge in [-0.15, -0.1) is 6.58 Å². The van der Waals surface area contributed by atoms with Gasteiger partial charge in [-0.3, -0.25) is 0 Å². The summed E-state index contributed by atoms with van der Waals surface area (Å²) in [6.07, 6.45) is 0. The molecule has 0 aromatic heterocycles. The first-order valence-electron chi connectivity index (χ1n) is 3.58. The molecule has 0 saturated carbocycles. The van der Waals surface area contributed by atoms with E-state index >= 15 is 0 Å². The largest absolute Gasteiger partial charge is 0.417 e. The molecule has 0 aliphatic heterocycles. The van der Waals surface area contributed by atoms with Crippen molar-refractivity contribution < 1.29 is 9.16 Å². The summed E-state index contributed by atoms with van der Waals surface area (Å²) >= 11 is 0. The summed E-state index contributed by atoms with van der Waals surface area (Å²) in [6, 6.07) is 0. The Morgan fingerprint density at radius 3 is 2.80 bits per heavy atom. The van der Waals surface area contributed by atoms with Crippen LogP contribution in [-0.4, -0.2) is 47.2 Å². The third-order valence-corrected chi connectivity index (χ3v) is 14.6. The van der Waals surface area contributed by atoms with Crippen LogP contribution in [0.1, 0.15) is 0 Å². The van der Waals surface area contributed by atoms with Crippen LogP contribution in [0.25, 0.3) is 0 Å². The number of hydrogen-bond donors (Lipinski definition) is 0. The Kier molecular flexibility index (Phi) is 7.65. The standard InChI is InChI=1S/C5H16O2Si3/c1-3-10(9-8)7-5-4-6-2/h3,10H,1,4-5,9H2,2,8H3. The maximum absolute atomic E-state index is 5.57. The Labute approximate surface area is 69.2 Å². The van der Waals surface area contributed by atoms with Crippen LogP contribution in [0.3, 0.4) is 0 Å². The lowest BCUT2D eigenvalue weighted by Crippen LogP contribution is -2.26. The van der Waals surface area contributed by atoms with Crippen molar-refractivity contribution in [1.29, 1.82) is 0 Å². The topological polar surface area (TPSA) is 18.5 Å². The van der Waals surface area contributed by atoms with Gasteiger partial charge in [-0.05, 0) is 9.76 Å². The first-order valence-corrected chi connectivity index (χ1v) is 13.6. The smallest absolute Gasteiger partial charge is 0.176 e. The summed E-state index contributed by atoms with van der Waals surface area (Å²) in [5, 5.41) is 0. The molecule has 0 spiro atoms. The molecule has 60 valence electrons. The fraction of sp³-hybridized carbons (Fsp3) is 0.600. The molecule has 2 nitrogen and oxygen atoms in total. The van der Waals surface area contributed by atoms with E-state index in [1.807, 2.05) is 0 Å². The van der Waals surface area contributed by atoms with Gasteiger partial charge in [0, 0.05) is 15.7 Å². The Morgan fingerprint density at radius 2 is 2.40 bits per heavy atom. The lowest BCUT2D eigenvalue weighted by atomic mass is 10.8. The van der Waals surface area contributed by atoms with Crippen LogP contribution in [0.5, 0.6) is 0 Å². The van der Waals surface area contributed by atoms with Crippen molar-refractivity contribution in [1.82, 2.24) is 0 Å². The zero-order valence-electron chi connectivity index (χ0n) is 6.80. The highest BCUT2D eigenvalue weighted by atomic mass is 29.5. The molecule has 10 heavy (non-hydrogen) atoms. The van der Waals surface area contributed by atoms with Gasteiger partial charge in [0.15, 0.2) is 8.56 Å². The van der Waals surface area contributed by atoms with E-state index in [4.69, 9.17) is 9.16 Å². The van der Waals surface area contributed by atoms with Crippen LogP contribution in [0.2, 0.25) is 0 Å². The van der Waals surface area contributed by atoms with E-state index in [-0.39, 0.29) is 8.55 Å². The molecular formula is C5H16O2Si3. The Hall–Kier alpha value is 0.311. The van der Waals surface area contributed by atoms with E-state index < -0.39 is 8.56 Å². The molecule has 5 heteroatoms. The molecule has 0 N–H and O–H groups in total. The zero-order valence-corrected chi connectivity index (χ0v) is 11.4. The van der Waals surface area contributed by atoms with Gasteiger partial charge in [-0.2, -0.15) is 0 Å². The van der Waals surface area contributed by atoms with Gasteiger partial charge in [0.05, 0.1) is 13.2 Å². The second-order valence-corrected chi connectivity index (χ2v) is 17.0. The van der Waals surface area contributed by atoms with Gasteiger partial charge in [0.2, 0.25) is 0 Å². The zero-order chi connectivity index (χ0) is 7.82. The maximum atomic E-state index is 5.57. The van der Waals surface area contributed by atoms with E-state index in [9.17, 15) is 0 Å².